The van der Waals surface area contributed by atoms with Crippen molar-refractivity contribution in [3.8, 4) is 0 Å². The summed E-state index contributed by atoms with van der Waals surface area (Å²) in [6.07, 6.45) is -1.19. The second-order valence-corrected chi connectivity index (χ2v) is 3.51. The lowest BCUT2D eigenvalue weighted by Gasteiger charge is -1.99. The Labute approximate surface area is 79.3 Å². The molecule has 0 aliphatic heterocycles. The summed E-state index contributed by atoms with van der Waals surface area (Å²) in [5, 5.41) is 0. The molecule has 0 spiro atoms. The van der Waals surface area contributed by atoms with E-state index in [-0.39, 0.29) is 6.54 Å². The Hall–Kier alpha value is -0.940. The summed E-state index contributed by atoms with van der Waals surface area (Å²) in [6, 6.07) is 3.09. The third-order valence-corrected chi connectivity index (χ3v) is 2.68. The highest BCUT2D eigenvalue weighted by Crippen LogP contribution is 2.25. The molecule has 0 aliphatic carbocycles. The van der Waals surface area contributed by atoms with Crippen LogP contribution < -0.4 is 5.73 Å². The molecule has 1 rings (SSSR count). The summed E-state index contributed by atoms with van der Waals surface area (Å²) >= 11 is 1.07. The number of halogens is 1. The van der Waals surface area contributed by atoms with Gasteiger partial charge in [0.05, 0.1) is 7.11 Å². The molecule has 0 fully saturated rings. The zero-order chi connectivity index (χ0) is 9.84. The van der Waals surface area contributed by atoms with Gasteiger partial charge in [-0.05, 0) is 12.1 Å². The first-order chi connectivity index (χ1) is 6.19. The Balaban J connectivity index is 2.80. The van der Waals surface area contributed by atoms with Gasteiger partial charge in [0.15, 0.2) is 0 Å². The Bertz CT molecular complexity index is 300. The molecule has 0 saturated carbocycles. The fraction of sp³-hybridized carbons (Fsp3) is 0.375. The first-order valence-electron chi connectivity index (χ1n) is 3.71. The quantitative estimate of drug-likeness (QED) is 0.757. The fourth-order valence-electron chi connectivity index (χ4n) is 0.848. The maximum Gasteiger partial charge on any atom is 0.348 e. The number of methoxy groups -OCH3 is 1. The molecule has 72 valence electrons. The molecule has 0 amide bonds. The number of ether oxygens (including phenoxy) is 1. The second-order valence-electron chi connectivity index (χ2n) is 2.40. The molecule has 1 aromatic heterocycles. The maximum absolute atomic E-state index is 13.0. The summed E-state index contributed by atoms with van der Waals surface area (Å²) in [5.41, 5.74) is 5.14. The highest BCUT2D eigenvalue weighted by atomic mass is 32.1. The van der Waals surface area contributed by atoms with Crippen LogP contribution in [0.4, 0.5) is 4.39 Å². The summed E-state index contributed by atoms with van der Waals surface area (Å²) in [6.45, 7) is -0.0683. The molecule has 0 radical (unpaired) electrons. The molecule has 3 nitrogen and oxygen atoms in total. The number of thiophene rings is 1. The average molecular weight is 203 g/mol. The third kappa shape index (κ3) is 2.26. The smallest absolute Gasteiger partial charge is 0.348 e. The van der Waals surface area contributed by atoms with E-state index >= 15 is 0 Å². The van der Waals surface area contributed by atoms with Gasteiger partial charge in [0.25, 0.3) is 0 Å². The molecule has 2 N–H and O–H groups in total. The van der Waals surface area contributed by atoms with Gasteiger partial charge in [-0.15, -0.1) is 11.3 Å². The van der Waals surface area contributed by atoms with Crippen LogP contribution in [0.1, 0.15) is 20.7 Å². The molecule has 1 aromatic rings. The molecule has 13 heavy (non-hydrogen) atoms. The van der Waals surface area contributed by atoms with E-state index < -0.39 is 12.1 Å². The van der Waals surface area contributed by atoms with Crippen molar-refractivity contribution < 1.29 is 13.9 Å². The van der Waals surface area contributed by atoms with Gasteiger partial charge in [-0.1, -0.05) is 0 Å². The van der Waals surface area contributed by atoms with Crippen LogP contribution in [-0.4, -0.2) is 19.6 Å². The molecule has 1 heterocycles. The molecular weight excluding hydrogens is 193 g/mol. The Morgan fingerprint density at radius 2 is 2.46 bits per heavy atom. The Morgan fingerprint density at radius 1 is 1.77 bits per heavy atom. The number of nitrogens with two attached hydrogens (primary N) is 1. The SMILES string of the molecule is COC(=O)c1ccc(C(F)CN)s1. The van der Waals surface area contributed by atoms with E-state index in [0.29, 0.717) is 9.75 Å². The largest absolute Gasteiger partial charge is 0.465 e. The number of rotatable bonds is 3. The number of carbonyl (C=O) groups excluding carboxylic acids is 1. The van der Waals surface area contributed by atoms with Crippen molar-refractivity contribution in [2.75, 3.05) is 13.7 Å². The molecule has 0 aliphatic rings. The number of carbonyl (C=O) groups is 1. The lowest BCUT2D eigenvalue weighted by molar-refractivity contribution is 0.0606. The van der Waals surface area contributed by atoms with Crippen LogP contribution >= 0.6 is 11.3 Å². The molecule has 0 saturated heterocycles. The fourth-order valence-corrected chi connectivity index (χ4v) is 1.76. The van der Waals surface area contributed by atoms with Crippen molar-refractivity contribution in [3.63, 3.8) is 0 Å². The Morgan fingerprint density at radius 3 is 3.00 bits per heavy atom. The number of alkyl halides is 1. The van der Waals surface area contributed by atoms with E-state index in [1.807, 2.05) is 0 Å². The van der Waals surface area contributed by atoms with E-state index in [1.54, 1.807) is 6.07 Å². The zero-order valence-electron chi connectivity index (χ0n) is 7.12. The molecular formula is C8H10FNO2S. The summed E-state index contributed by atoms with van der Waals surface area (Å²) in [7, 11) is 1.29. The van der Waals surface area contributed by atoms with Gasteiger partial charge in [0, 0.05) is 11.4 Å². The predicted octanol–water partition coefficient (Wildman–Crippen LogP) is 1.50. The van der Waals surface area contributed by atoms with Crippen LogP contribution in [0.5, 0.6) is 0 Å². The highest BCUT2D eigenvalue weighted by molar-refractivity contribution is 7.14. The minimum atomic E-state index is -1.19. The monoisotopic (exact) mass is 203 g/mol. The van der Waals surface area contributed by atoms with Gasteiger partial charge >= 0.3 is 5.97 Å². The second kappa shape index (κ2) is 4.34. The van der Waals surface area contributed by atoms with Gasteiger partial charge in [-0.3, -0.25) is 0 Å². The van der Waals surface area contributed by atoms with Crippen LogP contribution in [0.15, 0.2) is 12.1 Å². The first kappa shape index (κ1) is 10.1. The minimum absolute atomic E-state index is 0.0683. The first-order valence-corrected chi connectivity index (χ1v) is 4.53. The van der Waals surface area contributed by atoms with Crippen LogP contribution in [0.25, 0.3) is 0 Å². The third-order valence-electron chi connectivity index (χ3n) is 1.53. The zero-order valence-corrected chi connectivity index (χ0v) is 7.94. The van der Waals surface area contributed by atoms with Crippen LogP contribution in [0.3, 0.4) is 0 Å². The summed E-state index contributed by atoms with van der Waals surface area (Å²) in [4.78, 5) is 11.8. The van der Waals surface area contributed by atoms with Crippen molar-refractivity contribution in [1.82, 2.24) is 0 Å². The molecule has 5 heteroatoms. The number of hydrogen-bond donors (Lipinski definition) is 1. The topological polar surface area (TPSA) is 52.3 Å². The molecule has 0 aromatic carbocycles. The summed E-state index contributed by atoms with van der Waals surface area (Å²) < 4.78 is 17.5. The standard InChI is InChI=1S/C8H10FNO2S/c1-12-8(11)7-3-2-6(13-7)5(9)4-10/h2-3,5H,4,10H2,1H3. The van der Waals surface area contributed by atoms with Gasteiger partial charge in [-0.2, -0.15) is 0 Å². The number of hydrogen-bond acceptors (Lipinski definition) is 4. The molecule has 0 bridgehead atoms. The normalized spacial score (nSPS) is 12.5. The van der Waals surface area contributed by atoms with Gasteiger partial charge in [0.1, 0.15) is 11.0 Å². The number of esters is 1. The lowest BCUT2D eigenvalue weighted by Crippen LogP contribution is -2.05. The van der Waals surface area contributed by atoms with E-state index in [0.717, 1.165) is 11.3 Å². The predicted molar refractivity (Wildman–Crippen MR) is 48.6 cm³/mol. The average Bonchev–Trinajstić information content (AvgIpc) is 2.64. The van der Waals surface area contributed by atoms with Crippen LogP contribution in [-0.2, 0) is 4.74 Å². The highest BCUT2D eigenvalue weighted by Gasteiger charge is 2.14. The van der Waals surface area contributed by atoms with Crippen molar-refractivity contribution >= 4 is 17.3 Å². The van der Waals surface area contributed by atoms with Crippen molar-refractivity contribution in [1.29, 1.82) is 0 Å². The lowest BCUT2D eigenvalue weighted by atomic mass is 10.3. The molecule has 1 atom stereocenters. The Kier molecular flexibility index (Phi) is 3.39. The maximum atomic E-state index is 13.0. The van der Waals surface area contributed by atoms with E-state index in [4.69, 9.17) is 5.73 Å². The minimum Gasteiger partial charge on any atom is -0.465 e. The molecule has 1 unspecified atom stereocenters. The van der Waals surface area contributed by atoms with Gasteiger partial charge in [0.2, 0.25) is 0 Å². The van der Waals surface area contributed by atoms with E-state index in [2.05, 4.69) is 4.74 Å². The van der Waals surface area contributed by atoms with E-state index in [1.165, 1.54) is 13.2 Å². The van der Waals surface area contributed by atoms with Crippen LogP contribution in [0, 0.1) is 0 Å². The summed E-state index contributed by atoms with van der Waals surface area (Å²) in [5.74, 6) is -0.444. The van der Waals surface area contributed by atoms with E-state index in [9.17, 15) is 9.18 Å². The van der Waals surface area contributed by atoms with Crippen molar-refractivity contribution in [3.05, 3.63) is 21.9 Å². The van der Waals surface area contributed by atoms with Crippen LogP contribution in [0.2, 0.25) is 0 Å². The van der Waals surface area contributed by atoms with Crippen molar-refractivity contribution in [2.45, 2.75) is 6.17 Å². The van der Waals surface area contributed by atoms with Crippen molar-refractivity contribution in [2.24, 2.45) is 5.73 Å². The van der Waals surface area contributed by atoms with Gasteiger partial charge < -0.3 is 10.5 Å². The van der Waals surface area contributed by atoms with Gasteiger partial charge in [-0.25, -0.2) is 9.18 Å².